The number of para-hydroxylation sites is 1. The number of halogens is 1. The molecule has 3 aliphatic rings. The lowest BCUT2D eigenvalue weighted by Crippen LogP contribution is -2.58. The molecule has 2 N–H and O–H groups in total. The molecule has 1 aliphatic heterocycles. The van der Waals surface area contributed by atoms with E-state index in [1.54, 1.807) is 6.20 Å². The minimum atomic E-state index is 0.0470. The van der Waals surface area contributed by atoms with E-state index in [4.69, 9.17) is 16.6 Å². The van der Waals surface area contributed by atoms with Crippen LogP contribution in [0.25, 0.3) is 22.2 Å². The van der Waals surface area contributed by atoms with E-state index in [0.29, 0.717) is 11.0 Å². The average Bonchev–Trinajstić information content (AvgIpc) is 3.43. The van der Waals surface area contributed by atoms with E-state index < -0.39 is 0 Å². The molecule has 3 aromatic rings. The standard InChI is InChI=1S/C28H33ClN6/c1-3-20(2)34-13-15-35(16-14-34)28-10-6-9-27(19-28,11-12-28)33-26-31-18-23(29)25(32-26)22-17-30-24-8-5-4-7-21(22)24/h3-5,7-8,17-18,30H,1-2,6,9-16,19H2,(H,31,32,33). The maximum Gasteiger partial charge on any atom is 0.223 e. The fourth-order valence-corrected chi connectivity index (χ4v) is 6.97. The molecule has 2 atom stereocenters. The van der Waals surface area contributed by atoms with E-state index in [2.05, 4.69) is 50.4 Å². The van der Waals surface area contributed by atoms with Crippen molar-refractivity contribution in [2.45, 2.75) is 49.6 Å². The number of rotatable bonds is 6. The predicted molar refractivity (Wildman–Crippen MR) is 144 cm³/mol. The van der Waals surface area contributed by atoms with Gasteiger partial charge in [0.25, 0.3) is 0 Å². The van der Waals surface area contributed by atoms with Gasteiger partial charge >= 0.3 is 0 Å². The molecule has 1 aromatic carbocycles. The van der Waals surface area contributed by atoms with Crippen LogP contribution in [0.5, 0.6) is 0 Å². The van der Waals surface area contributed by atoms with Crippen LogP contribution in [0.1, 0.15) is 38.5 Å². The van der Waals surface area contributed by atoms with Crippen molar-refractivity contribution in [3.8, 4) is 11.3 Å². The molecule has 6 nitrogen and oxygen atoms in total. The van der Waals surface area contributed by atoms with Gasteiger partial charge in [0.05, 0.1) is 16.9 Å². The van der Waals surface area contributed by atoms with Crippen molar-refractivity contribution in [1.82, 2.24) is 24.8 Å². The Morgan fingerprint density at radius 2 is 1.94 bits per heavy atom. The van der Waals surface area contributed by atoms with Crippen LogP contribution in [0.4, 0.5) is 5.95 Å². The molecule has 1 saturated heterocycles. The molecule has 2 saturated carbocycles. The molecule has 0 spiro atoms. The Bertz CT molecular complexity index is 1280. The van der Waals surface area contributed by atoms with Crippen molar-refractivity contribution >= 4 is 28.5 Å². The van der Waals surface area contributed by atoms with Gasteiger partial charge in [-0.3, -0.25) is 4.90 Å². The van der Waals surface area contributed by atoms with E-state index in [0.717, 1.165) is 73.3 Å². The molecular formula is C28H33ClN6. The predicted octanol–water partition coefficient (Wildman–Crippen LogP) is 5.85. The van der Waals surface area contributed by atoms with Crippen molar-refractivity contribution in [1.29, 1.82) is 0 Å². The van der Waals surface area contributed by atoms with Crippen molar-refractivity contribution < 1.29 is 0 Å². The van der Waals surface area contributed by atoms with E-state index in [9.17, 15) is 0 Å². The van der Waals surface area contributed by atoms with Gasteiger partial charge in [0.15, 0.2) is 0 Å². The van der Waals surface area contributed by atoms with Crippen LogP contribution in [0.3, 0.4) is 0 Å². The minimum Gasteiger partial charge on any atom is -0.369 e. The first kappa shape index (κ1) is 22.6. The van der Waals surface area contributed by atoms with E-state index in [-0.39, 0.29) is 11.1 Å². The summed E-state index contributed by atoms with van der Waals surface area (Å²) in [6.45, 7) is 12.3. The summed E-state index contributed by atoms with van der Waals surface area (Å²) in [5.74, 6) is 0.680. The summed E-state index contributed by atoms with van der Waals surface area (Å²) in [6.07, 6.45) is 12.8. The van der Waals surface area contributed by atoms with Crippen LogP contribution in [-0.2, 0) is 0 Å². The molecule has 2 bridgehead atoms. The maximum absolute atomic E-state index is 6.59. The number of benzene rings is 1. The lowest BCUT2D eigenvalue weighted by Gasteiger charge is -2.50. The third-order valence-electron chi connectivity index (χ3n) is 8.59. The number of allylic oxidation sites excluding steroid dienone is 1. The highest BCUT2D eigenvalue weighted by molar-refractivity contribution is 6.33. The van der Waals surface area contributed by atoms with Gasteiger partial charge in [-0.25, -0.2) is 9.97 Å². The average molecular weight is 489 g/mol. The molecule has 35 heavy (non-hydrogen) atoms. The van der Waals surface area contributed by atoms with Crippen LogP contribution >= 0.6 is 11.6 Å². The molecule has 0 radical (unpaired) electrons. The Hall–Kier alpha value is -2.83. The molecule has 2 unspecified atom stereocenters. The fraction of sp³-hybridized carbons (Fsp3) is 0.429. The van der Waals surface area contributed by atoms with Crippen molar-refractivity contribution in [3.05, 3.63) is 66.6 Å². The van der Waals surface area contributed by atoms with E-state index in [1.807, 2.05) is 24.4 Å². The number of nitrogens with zero attached hydrogens (tertiary/aromatic N) is 4. The summed E-state index contributed by atoms with van der Waals surface area (Å²) >= 11 is 6.59. The van der Waals surface area contributed by atoms with Crippen molar-refractivity contribution in [2.75, 3.05) is 31.5 Å². The van der Waals surface area contributed by atoms with Gasteiger partial charge in [0.2, 0.25) is 5.95 Å². The molecule has 2 aliphatic carbocycles. The molecule has 182 valence electrons. The zero-order valence-electron chi connectivity index (χ0n) is 20.2. The van der Waals surface area contributed by atoms with Gasteiger partial charge in [-0.1, -0.05) is 43.0 Å². The molecule has 0 amide bonds. The number of nitrogens with one attached hydrogen (secondary N) is 2. The first-order chi connectivity index (χ1) is 17.0. The van der Waals surface area contributed by atoms with Crippen LogP contribution in [0, 0.1) is 0 Å². The number of fused-ring (bicyclic) bond motifs is 3. The number of aromatic nitrogens is 3. The quantitative estimate of drug-likeness (QED) is 0.426. The normalized spacial score (nSPS) is 26.7. The van der Waals surface area contributed by atoms with Crippen molar-refractivity contribution in [2.24, 2.45) is 0 Å². The highest BCUT2D eigenvalue weighted by Crippen LogP contribution is 2.52. The lowest BCUT2D eigenvalue weighted by molar-refractivity contribution is 0.0254. The molecule has 6 rings (SSSR count). The zero-order valence-corrected chi connectivity index (χ0v) is 20.9. The molecular weight excluding hydrogens is 456 g/mol. The van der Waals surface area contributed by atoms with Gasteiger partial charge in [0.1, 0.15) is 0 Å². The Morgan fingerprint density at radius 3 is 2.77 bits per heavy atom. The highest BCUT2D eigenvalue weighted by Gasteiger charge is 2.54. The van der Waals surface area contributed by atoms with Gasteiger partial charge in [-0.05, 0) is 50.7 Å². The molecule has 7 heteroatoms. The number of H-pyrrole nitrogens is 1. The second-order valence-corrected chi connectivity index (χ2v) is 10.9. The first-order valence-corrected chi connectivity index (χ1v) is 13.1. The van der Waals surface area contributed by atoms with Crippen LogP contribution < -0.4 is 5.32 Å². The largest absolute Gasteiger partial charge is 0.369 e. The van der Waals surface area contributed by atoms with Crippen molar-refractivity contribution in [3.63, 3.8) is 0 Å². The maximum atomic E-state index is 6.59. The topological polar surface area (TPSA) is 60.1 Å². The summed E-state index contributed by atoms with van der Waals surface area (Å²) < 4.78 is 0. The number of hydrogen-bond acceptors (Lipinski definition) is 5. The summed E-state index contributed by atoms with van der Waals surface area (Å²) in [6, 6.07) is 8.24. The van der Waals surface area contributed by atoms with Gasteiger partial charge in [0, 0.05) is 65.6 Å². The van der Waals surface area contributed by atoms with E-state index >= 15 is 0 Å². The summed E-state index contributed by atoms with van der Waals surface area (Å²) in [7, 11) is 0. The Labute approximate surface area is 212 Å². The second kappa shape index (κ2) is 8.68. The van der Waals surface area contributed by atoms with Crippen LogP contribution in [-0.4, -0.2) is 62.0 Å². The molecule has 3 fully saturated rings. The zero-order chi connectivity index (χ0) is 24.0. The lowest BCUT2D eigenvalue weighted by atomic mass is 9.77. The first-order valence-electron chi connectivity index (χ1n) is 12.7. The Morgan fingerprint density at radius 1 is 1.11 bits per heavy atom. The SMILES string of the molecule is C=CC(=C)N1CCN(C23CCCC(Nc4ncc(Cl)c(-c5c[nH]c6ccccc56)n4)(CC2)C3)CC1. The minimum absolute atomic E-state index is 0.0470. The third kappa shape index (κ3) is 3.93. The monoisotopic (exact) mass is 488 g/mol. The Kier molecular flexibility index (Phi) is 5.61. The van der Waals surface area contributed by atoms with Crippen LogP contribution in [0.2, 0.25) is 5.02 Å². The number of piperazine rings is 1. The highest BCUT2D eigenvalue weighted by atomic mass is 35.5. The summed E-state index contributed by atoms with van der Waals surface area (Å²) in [5.41, 5.74) is 4.23. The number of anilines is 1. The van der Waals surface area contributed by atoms with Gasteiger partial charge in [-0.2, -0.15) is 0 Å². The van der Waals surface area contributed by atoms with Gasteiger partial charge < -0.3 is 15.2 Å². The smallest absolute Gasteiger partial charge is 0.223 e. The summed E-state index contributed by atoms with van der Waals surface area (Å²) in [4.78, 5) is 18.0. The molecule has 3 heterocycles. The summed E-state index contributed by atoms with van der Waals surface area (Å²) in [5, 5.41) is 5.50. The van der Waals surface area contributed by atoms with Gasteiger partial charge in [-0.15, -0.1) is 0 Å². The number of hydrogen-bond donors (Lipinski definition) is 2. The van der Waals surface area contributed by atoms with E-state index in [1.165, 1.54) is 19.3 Å². The van der Waals surface area contributed by atoms with Crippen LogP contribution in [0.15, 0.2) is 61.6 Å². The third-order valence-corrected chi connectivity index (χ3v) is 8.87. The number of aromatic amines is 1. The second-order valence-electron chi connectivity index (χ2n) is 10.5. The molecule has 2 aromatic heterocycles. The fourth-order valence-electron chi connectivity index (χ4n) is 6.78. The Balaban J connectivity index is 1.22.